The number of hydrogen-bond acceptors (Lipinski definition) is 3. The molecule has 0 unspecified atom stereocenters. The van der Waals surface area contributed by atoms with E-state index in [1.54, 1.807) is 13.3 Å². The lowest BCUT2D eigenvalue weighted by atomic mass is 10.1. The molecule has 0 amide bonds. The van der Waals surface area contributed by atoms with Gasteiger partial charge in [0, 0.05) is 34.6 Å². The average molecular weight is 274 g/mol. The Kier molecular flexibility index (Phi) is 3.44. The van der Waals surface area contributed by atoms with E-state index in [1.807, 2.05) is 48.5 Å². The molecular weight excluding hydrogens is 260 g/mol. The Labute approximate surface area is 123 Å². The van der Waals surface area contributed by atoms with Crippen molar-refractivity contribution < 1.29 is 4.74 Å². The third-order valence-corrected chi connectivity index (χ3v) is 3.26. The predicted molar refractivity (Wildman–Crippen MR) is 86.0 cm³/mol. The highest BCUT2D eigenvalue weighted by molar-refractivity contribution is 5.93. The summed E-state index contributed by atoms with van der Waals surface area (Å²) in [5.74, 6) is 3.43. The van der Waals surface area contributed by atoms with Gasteiger partial charge in [0.05, 0.1) is 12.6 Å². The summed E-state index contributed by atoms with van der Waals surface area (Å²) < 4.78 is 5.23. The lowest BCUT2D eigenvalue weighted by molar-refractivity contribution is 0.415. The van der Waals surface area contributed by atoms with E-state index >= 15 is 0 Å². The van der Waals surface area contributed by atoms with Crippen molar-refractivity contribution in [3.05, 3.63) is 60.3 Å². The maximum Gasteiger partial charge on any atom is 0.121 e. The number of nitrogens with zero attached hydrogens (tertiary/aromatic N) is 1. The fourth-order valence-corrected chi connectivity index (χ4v) is 2.21. The number of nitrogens with one attached hydrogen (secondary N) is 1. The molecule has 0 bridgehead atoms. The van der Waals surface area contributed by atoms with Crippen molar-refractivity contribution in [1.82, 2.24) is 4.98 Å². The third-order valence-electron chi connectivity index (χ3n) is 3.26. The summed E-state index contributed by atoms with van der Waals surface area (Å²) in [6.45, 7) is 0. The molecule has 0 fully saturated rings. The van der Waals surface area contributed by atoms with Crippen LogP contribution in [0.5, 0.6) is 5.75 Å². The molecule has 0 radical (unpaired) electrons. The van der Waals surface area contributed by atoms with Crippen LogP contribution in [0.15, 0.2) is 54.7 Å². The van der Waals surface area contributed by atoms with Crippen LogP contribution in [0.25, 0.3) is 10.9 Å². The van der Waals surface area contributed by atoms with E-state index in [4.69, 9.17) is 11.2 Å². The summed E-state index contributed by atoms with van der Waals surface area (Å²) >= 11 is 0. The van der Waals surface area contributed by atoms with Gasteiger partial charge in [0.1, 0.15) is 5.75 Å². The van der Waals surface area contributed by atoms with Crippen molar-refractivity contribution in [3.8, 4) is 18.1 Å². The zero-order valence-electron chi connectivity index (χ0n) is 11.6. The SMILES string of the molecule is C#Cc1cccc(Nc2ccnc3cc(OC)ccc23)c1. The molecule has 3 aromatic rings. The topological polar surface area (TPSA) is 34.2 Å². The summed E-state index contributed by atoms with van der Waals surface area (Å²) in [7, 11) is 1.65. The van der Waals surface area contributed by atoms with Crippen LogP contribution in [-0.2, 0) is 0 Å². The van der Waals surface area contributed by atoms with Crippen LogP contribution in [0.2, 0.25) is 0 Å². The Balaban J connectivity index is 2.02. The first-order valence-corrected chi connectivity index (χ1v) is 6.56. The zero-order chi connectivity index (χ0) is 14.7. The molecule has 3 heteroatoms. The highest BCUT2D eigenvalue weighted by Gasteiger charge is 2.04. The first-order chi connectivity index (χ1) is 10.3. The van der Waals surface area contributed by atoms with Gasteiger partial charge in [-0.3, -0.25) is 4.98 Å². The van der Waals surface area contributed by atoms with Gasteiger partial charge in [-0.15, -0.1) is 6.42 Å². The second-order valence-corrected chi connectivity index (χ2v) is 4.59. The number of pyridine rings is 1. The lowest BCUT2D eigenvalue weighted by Gasteiger charge is -2.10. The summed E-state index contributed by atoms with van der Waals surface area (Å²) in [6.07, 6.45) is 7.21. The van der Waals surface area contributed by atoms with Crippen LogP contribution in [0, 0.1) is 12.3 Å². The Bertz CT molecular complexity index is 834. The van der Waals surface area contributed by atoms with Crippen LogP contribution >= 0.6 is 0 Å². The third kappa shape index (κ3) is 2.65. The molecule has 1 aromatic heterocycles. The normalized spacial score (nSPS) is 10.1. The number of ether oxygens (including phenoxy) is 1. The van der Waals surface area contributed by atoms with Crippen molar-refractivity contribution in [2.75, 3.05) is 12.4 Å². The van der Waals surface area contributed by atoms with Crippen molar-refractivity contribution >= 4 is 22.3 Å². The van der Waals surface area contributed by atoms with Gasteiger partial charge in [0.2, 0.25) is 0 Å². The van der Waals surface area contributed by atoms with Gasteiger partial charge < -0.3 is 10.1 Å². The summed E-state index contributed by atoms with van der Waals surface area (Å²) in [4.78, 5) is 4.37. The molecule has 0 aliphatic heterocycles. The molecule has 0 atom stereocenters. The van der Waals surface area contributed by atoms with E-state index in [9.17, 15) is 0 Å². The van der Waals surface area contributed by atoms with Crippen molar-refractivity contribution in [3.63, 3.8) is 0 Å². The molecule has 3 rings (SSSR count). The van der Waals surface area contributed by atoms with Gasteiger partial charge in [0.15, 0.2) is 0 Å². The number of rotatable bonds is 3. The van der Waals surface area contributed by atoms with E-state index in [1.165, 1.54) is 0 Å². The minimum Gasteiger partial charge on any atom is -0.497 e. The van der Waals surface area contributed by atoms with Crippen LogP contribution in [0.4, 0.5) is 11.4 Å². The standard InChI is InChI=1S/C18H14N2O/c1-3-13-5-4-6-14(11-13)20-17-9-10-19-18-12-15(21-2)7-8-16(17)18/h1,4-12H,2H3,(H,19,20). The van der Waals surface area contributed by atoms with Gasteiger partial charge in [-0.05, 0) is 36.4 Å². The fraction of sp³-hybridized carbons (Fsp3) is 0.0556. The molecule has 0 aliphatic carbocycles. The van der Waals surface area contributed by atoms with Gasteiger partial charge >= 0.3 is 0 Å². The van der Waals surface area contributed by atoms with E-state index in [2.05, 4.69) is 16.2 Å². The number of methoxy groups -OCH3 is 1. The molecule has 0 saturated carbocycles. The van der Waals surface area contributed by atoms with Gasteiger partial charge in [0.25, 0.3) is 0 Å². The largest absolute Gasteiger partial charge is 0.497 e. The number of terminal acetylenes is 1. The molecule has 2 aromatic carbocycles. The predicted octanol–water partition coefficient (Wildman–Crippen LogP) is 3.97. The van der Waals surface area contributed by atoms with Crippen LogP contribution in [0.3, 0.4) is 0 Å². The lowest BCUT2D eigenvalue weighted by Crippen LogP contribution is -1.93. The molecule has 0 spiro atoms. The van der Waals surface area contributed by atoms with E-state index < -0.39 is 0 Å². The fourth-order valence-electron chi connectivity index (χ4n) is 2.21. The maximum atomic E-state index is 5.43. The Morgan fingerprint density at radius 3 is 2.86 bits per heavy atom. The number of anilines is 2. The van der Waals surface area contributed by atoms with Crippen LogP contribution < -0.4 is 10.1 Å². The minimum atomic E-state index is 0.793. The first kappa shape index (κ1) is 13.0. The van der Waals surface area contributed by atoms with E-state index in [0.29, 0.717) is 0 Å². The molecule has 21 heavy (non-hydrogen) atoms. The molecule has 1 heterocycles. The highest BCUT2D eigenvalue weighted by Crippen LogP contribution is 2.27. The van der Waals surface area contributed by atoms with E-state index in [0.717, 1.165) is 33.6 Å². The molecule has 1 N–H and O–H groups in total. The van der Waals surface area contributed by atoms with E-state index in [-0.39, 0.29) is 0 Å². The van der Waals surface area contributed by atoms with Gasteiger partial charge in [-0.25, -0.2) is 0 Å². The molecule has 0 saturated heterocycles. The second-order valence-electron chi connectivity index (χ2n) is 4.59. The Hall–Kier alpha value is -2.99. The smallest absolute Gasteiger partial charge is 0.121 e. The van der Waals surface area contributed by atoms with Crippen molar-refractivity contribution in [2.24, 2.45) is 0 Å². The maximum absolute atomic E-state index is 5.43. The molecule has 0 aliphatic rings. The summed E-state index contributed by atoms with van der Waals surface area (Å²) in [5, 5.41) is 4.41. The minimum absolute atomic E-state index is 0.793. The monoisotopic (exact) mass is 274 g/mol. The molecule has 3 nitrogen and oxygen atoms in total. The zero-order valence-corrected chi connectivity index (χ0v) is 11.6. The number of hydrogen-bond donors (Lipinski definition) is 1. The first-order valence-electron chi connectivity index (χ1n) is 6.56. The van der Waals surface area contributed by atoms with Crippen LogP contribution in [0.1, 0.15) is 5.56 Å². The van der Waals surface area contributed by atoms with Crippen molar-refractivity contribution in [2.45, 2.75) is 0 Å². The Morgan fingerprint density at radius 2 is 2.05 bits per heavy atom. The molecular formula is C18H14N2O. The summed E-state index contributed by atoms with van der Waals surface area (Å²) in [5.41, 5.74) is 3.66. The quantitative estimate of drug-likeness (QED) is 0.734. The van der Waals surface area contributed by atoms with Gasteiger partial charge in [-0.1, -0.05) is 12.0 Å². The number of benzene rings is 2. The summed E-state index contributed by atoms with van der Waals surface area (Å²) in [6, 6.07) is 15.5. The van der Waals surface area contributed by atoms with Crippen molar-refractivity contribution in [1.29, 1.82) is 0 Å². The highest BCUT2D eigenvalue weighted by atomic mass is 16.5. The van der Waals surface area contributed by atoms with Crippen LogP contribution in [-0.4, -0.2) is 12.1 Å². The number of aromatic nitrogens is 1. The second kappa shape index (κ2) is 5.56. The molecule has 102 valence electrons. The Morgan fingerprint density at radius 1 is 1.14 bits per heavy atom. The van der Waals surface area contributed by atoms with Gasteiger partial charge in [-0.2, -0.15) is 0 Å². The average Bonchev–Trinajstić information content (AvgIpc) is 2.55. The number of fused-ring (bicyclic) bond motifs is 1.